The lowest BCUT2D eigenvalue weighted by Gasteiger charge is -2.09. The molecule has 3 aromatic carbocycles. The Bertz CT molecular complexity index is 1110. The standard InChI is InChI=1S/C20H16ClN3S2/c21-17-10-3-4-11-18(17)24-19(22-23-20(24)25)13-26-12-15-8-5-7-14-6-1-2-9-16(14)15/h1-11H,12-13H2,(H,23,25). The second kappa shape index (κ2) is 7.66. The van der Waals surface area contributed by atoms with Gasteiger partial charge in [-0.25, -0.2) is 0 Å². The van der Waals surface area contributed by atoms with E-state index in [1.807, 2.05) is 40.6 Å². The van der Waals surface area contributed by atoms with Crippen LogP contribution in [0.1, 0.15) is 11.4 Å². The van der Waals surface area contributed by atoms with Crippen molar-refractivity contribution in [3.05, 3.63) is 87.9 Å². The Morgan fingerprint density at radius 1 is 0.962 bits per heavy atom. The molecular formula is C20H16ClN3S2. The Hall–Kier alpha value is -2.08. The summed E-state index contributed by atoms with van der Waals surface area (Å²) in [5.74, 6) is 2.51. The molecule has 1 N–H and O–H groups in total. The van der Waals surface area contributed by atoms with E-state index in [-0.39, 0.29) is 0 Å². The molecule has 0 atom stereocenters. The van der Waals surface area contributed by atoms with E-state index in [0.717, 1.165) is 23.0 Å². The van der Waals surface area contributed by atoms with Crippen LogP contribution in [0.3, 0.4) is 0 Å². The van der Waals surface area contributed by atoms with Crippen LogP contribution in [0.2, 0.25) is 5.02 Å². The molecule has 3 nitrogen and oxygen atoms in total. The smallest absolute Gasteiger partial charge is 0.199 e. The second-order valence-corrected chi connectivity index (χ2v) is 7.64. The summed E-state index contributed by atoms with van der Waals surface area (Å²) < 4.78 is 2.46. The van der Waals surface area contributed by atoms with Gasteiger partial charge in [-0.1, -0.05) is 66.2 Å². The lowest BCUT2D eigenvalue weighted by Crippen LogP contribution is -2.01. The van der Waals surface area contributed by atoms with E-state index >= 15 is 0 Å². The van der Waals surface area contributed by atoms with Crippen LogP contribution in [0.4, 0.5) is 0 Å². The highest BCUT2D eigenvalue weighted by atomic mass is 35.5. The highest BCUT2D eigenvalue weighted by molar-refractivity contribution is 7.97. The monoisotopic (exact) mass is 397 g/mol. The molecule has 4 rings (SSSR count). The van der Waals surface area contributed by atoms with Crippen molar-refractivity contribution < 1.29 is 0 Å². The molecule has 0 saturated heterocycles. The van der Waals surface area contributed by atoms with Crippen LogP contribution in [0.25, 0.3) is 16.5 Å². The third kappa shape index (κ3) is 3.43. The Morgan fingerprint density at radius 3 is 2.62 bits per heavy atom. The number of hydrogen-bond donors (Lipinski definition) is 1. The quantitative estimate of drug-likeness (QED) is 0.409. The van der Waals surface area contributed by atoms with Gasteiger partial charge in [0.05, 0.1) is 16.5 Å². The Kier molecular flexibility index (Phi) is 5.11. The SMILES string of the molecule is S=c1[nH]nc(CSCc2cccc3ccccc23)n1-c1ccccc1Cl. The predicted octanol–water partition coefficient (Wildman–Crippen LogP) is 6.17. The zero-order chi connectivity index (χ0) is 17.9. The number of aromatic nitrogens is 3. The lowest BCUT2D eigenvalue weighted by molar-refractivity contribution is 0.949. The Labute approximate surface area is 166 Å². The van der Waals surface area contributed by atoms with Crippen molar-refractivity contribution in [1.82, 2.24) is 14.8 Å². The first-order valence-electron chi connectivity index (χ1n) is 8.19. The van der Waals surface area contributed by atoms with Gasteiger partial charge in [0.15, 0.2) is 4.77 Å². The maximum absolute atomic E-state index is 6.34. The van der Waals surface area contributed by atoms with E-state index in [4.69, 9.17) is 23.8 Å². The first-order chi connectivity index (χ1) is 12.7. The van der Waals surface area contributed by atoms with Gasteiger partial charge in [0.2, 0.25) is 0 Å². The molecule has 0 aliphatic carbocycles. The zero-order valence-electron chi connectivity index (χ0n) is 13.9. The summed E-state index contributed by atoms with van der Waals surface area (Å²) in [7, 11) is 0. The number of nitrogens with zero attached hydrogens (tertiary/aromatic N) is 2. The number of aromatic amines is 1. The van der Waals surface area contributed by atoms with Gasteiger partial charge in [-0.3, -0.25) is 9.67 Å². The highest BCUT2D eigenvalue weighted by Gasteiger charge is 2.11. The molecule has 130 valence electrons. The molecule has 0 fully saturated rings. The van der Waals surface area contributed by atoms with Crippen molar-refractivity contribution in [2.45, 2.75) is 11.5 Å². The Morgan fingerprint density at radius 2 is 1.73 bits per heavy atom. The van der Waals surface area contributed by atoms with Crippen LogP contribution in [-0.4, -0.2) is 14.8 Å². The average Bonchev–Trinajstić information content (AvgIpc) is 3.03. The van der Waals surface area contributed by atoms with Crippen molar-refractivity contribution in [1.29, 1.82) is 0 Å². The van der Waals surface area contributed by atoms with Crippen LogP contribution in [-0.2, 0) is 11.5 Å². The molecule has 0 bridgehead atoms. The summed E-state index contributed by atoms with van der Waals surface area (Å²) in [6, 6.07) is 22.6. The number of hydrogen-bond acceptors (Lipinski definition) is 3. The number of H-pyrrole nitrogens is 1. The van der Waals surface area contributed by atoms with Crippen molar-refractivity contribution in [2.24, 2.45) is 0 Å². The van der Waals surface area contributed by atoms with Crippen molar-refractivity contribution in [2.75, 3.05) is 0 Å². The summed E-state index contributed by atoms with van der Waals surface area (Å²) in [4.78, 5) is 0. The molecule has 0 radical (unpaired) electrons. The molecule has 0 aliphatic heterocycles. The molecule has 0 aliphatic rings. The van der Waals surface area contributed by atoms with Crippen molar-refractivity contribution >= 4 is 46.4 Å². The summed E-state index contributed by atoms with van der Waals surface area (Å²) in [6.45, 7) is 0. The first-order valence-corrected chi connectivity index (χ1v) is 10.1. The molecule has 26 heavy (non-hydrogen) atoms. The van der Waals surface area contributed by atoms with Crippen LogP contribution >= 0.6 is 35.6 Å². The minimum absolute atomic E-state index is 0.555. The number of rotatable bonds is 5. The molecule has 0 saturated carbocycles. The lowest BCUT2D eigenvalue weighted by atomic mass is 10.1. The molecule has 0 amide bonds. The fourth-order valence-corrected chi connectivity index (χ4v) is 4.40. The number of fused-ring (bicyclic) bond motifs is 1. The number of halogens is 1. The normalized spacial score (nSPS) is 11.1. The van der Waals surface area contributed by atoms with E-state index in [0.29, 0.717) is 9.79 Å². The minimum atomic E-state index is 0.555. The van der Waals surface area contributed by atoms with Gasteiger partial charge < -0.3 is 0 Å². The first kappa shape index (κ1) is 17.3. The van der Waals surface area contributed by atoms with E-state index in [1.54, 1.807) is 0 Å². The minimum Gasteiger partial charge on any atom is -0.270 e. The third-order valence-corrected chi connectivity index (χ3v) is 5.77. The van der Waals surface area contributed by atoms with Gasteiger partial charge in [0.25, 0.3) is 0 Å². The third-order valence-electron chi connectivity index (χ3n) is 4.20. The molecule has 0 unspecified atom stereocenters. The molecule has 0 spiro atoms. The number of nitrogens with one attached hydrogen (secondary N) is 1. The van der Waals surface area contributed by atoms with Crippen molar-refractivity contribution in [3.63, 3.8) is 0 Å². The van der Waals surface area contributed by atoms with Crippen LogP contribution < -0.4 is 0 Å². The summed E-state index contributed by atoms with van der Waals surface area (Å²) in [5, 5.41) is 10.5. The van der Waals surface area contributed by atoms with Gasteiger partial charge in [-0.05, 0) is 40.7 Å². The fourth-order valence-electron chi connectivity index (χ4n) is 2.98. The zero-order valence-corrected chi connectivity index (χ0v) is 16.2. The highest BCUT2D eigenvalue weighted by Crippen LogP contribution is 2.26. The van der Waals surface area contributed by atoms with Crippen LogP contribution in [0, 0.1) is 4.77 Å². The van der Waals surface area contributed by atoms with Gasteiger partial charge in [0, 0.05) is 5.75 Å². The molecule has 4 aromatic rings. The van der Waals surface area contributed by atoms with E-state index < -0.39 is 0 Å². The number of thioether (sulfide) groups is 1. The van der Waals surface area contributed by atoms with Crippen molar-refractivity contribution in [3.8, 4) is 5.69 Å². The average molecular weight is 398 g/mol. The molecule has 1 heterocycles. The van der Waals surface area contributed by atoms with Gasteiger partial charge in [-0.15, -0.1) is 11.8 Å². The summed E-state index contributed by atoms with van der Waals surface area (Å²) >= 11 is 13.5. The maximum atomic E-state index is 6.34. The van der Waals surface area contributed by atoms with Crippen LogP contribution in [0.5, 0.6) is 0 Å². The molecule has 6 heteroatoms. The summed E-state index contributed by atoms with van der Waals surface area (Å²) in [5.41, 5.74) is 2.18. The van der Waals surface area contributed by atoms with E-state index in [2.05, 4.69) is 52.7 Å². The number of para-hydroxylation sites is 1. The van der Waals surface area contributed by atoms with E-state index in [1.165, 1.54) is 16.3 Å². The topological polar surface area (TPSA) is 33.6 Å². The maximum Gasteiger partial charge on any atom is 0.199 e. The van der Waals surface area contributed by atoms with Gasteiger partial charge >= 0.3 is 0 Å². The van der Waals surface area contributed by atoms with E-state index in [9.17, 15) is 0 Å². The predicted molar refractivity (Wildman–Crippen MR) is 113 cm³/mol. The summed E-state index contributed by atoms with van der Waals surface area (Å²) in [6.07, 6.45) is 0. The molecule has 1 aromatic heterocycles. The van der Waals surface area contributed by atoms with Crippen LogP contribution in [0.15, 0.2) is 66.7 Å². The van der Waals surface area contributed by atoms with Gasteiger partial charge in [0.1, 0.15) is 5.82 Å². The largest absolute Gasteiger partial charge is 0.270 e. The Balaban J connectivity index is 1.56. The fraction of sp³-hybridized carbons (Fsp3) is 0.100. The number of benzene rings is 3. The van der Waals surface area contributed by atoms with Gasteiger partial charge in [-0.2, -0.15) is 5.10 Å². The second-order valence-electron chi connectivity index (χ2n) is 5.86. The molecular weight excluding hydrogens is 382 g/mol.